The van der Waals surface area contributed by atoms with Crippen LogP contribution in [0.15, 0.2) is 41.5 Å². The summed E-state index contributed by atoms with van der Waals surface area (Å²) in [5, 5.41) is 14.8. The first kappa shape index (κ1) is 22.5. The Morgan fingerprint density at radius 2 is 1.66 bits per heavy atom. The van der Waals surface area contributed by atoms with Crippen LogP contribution in [0.5, 0.6) is 11.5 Å². The molecule has 5 heteroatoms. The number of carbonyl (C=O) groups is 1. The number of hydrazone groups is 1. The van der Waals surface area contributed by atoms with Gasteiger partial charge in [-0.15, -0.1) is 0 Å². The van der Waals surface area contributed by atoms with Gasteiger partial charge in [0.25, 0.3) is 5.91 Å². The van der Waals surface area contributed by atoms with E-state index in [1.54, 1.807) is 6.21 Å². The van der Waals surface area contributed by atoms with Gasteiger partial charge in [-0.2, -0.15) is 5.10 Å². The lowest BCUT2D eigenvalue weighted by Gasteiger charge is -2.27. The first-order valence-corrected chi connectivity index (χ1v) is 9.77. The average Bonchev–Trinajstić information content (AvgIpc) is 2.59. The van der Waals surface area contributed by atoms with Gasteiger partial charge in [0.15, 0.2) is 6.61 Å². The Balaban J connectivity index is 2.12. The summed E-state index contributed by atoms with van der Waals surface area (Å²) in [4.78, 5) is 12.0. The number of hydrogen-bond donors (Lipinski definition) is 2. The van der Waals surface area contributed by atoms with Crippen molar-refractivity contribution in [3.05, 3.63) is 58.7 Å². The van der Waals surface area contributed by atoms with E-state index in [0.717, 1.165) is 22.3 Å². The summed E-state index contributed by atoms with van der Waals surface area (Å²) in [5.41, 5.74) is 5.62. The maximum atomic E-state index is 12.0. The summed E-state index contributed by atoms with van der Waals surface area (Å²) in [6, 6.07) is 11.3. The number of carbonyl (C=O) groups excluding carboxylic acids is 1. The van der Waals surface area contributed by atoms with Crippen molar-refractivity contribution in [2.75, 3.05) is 6.61 Å². The third-order valence-electron chi connectivity index (χ3n) is 4.51. The first-order chi connectivity index (χ1) is 13.4. The second-order valence-electron chi connectivity index (χ2n) is 9.36. The first-order valence-electron chi connectivity index (χ1n) is 9.77. The largest absolute Gasteiger partial charge is 0.507 e. The molecular weight excluding hydrogens is 364 g/mol. The van der Waals surface area contributed by atoms with Crippen molar-refractivity contribution in [3.8, 4) is 11.5 Å². The molecule has 2 N–H and O–H groups in total. The number of nitrogens with zero attached hydrogens (tertiary/aromatic N) is 1. The number of nitrogens with one attached hydrogen (secondary N) is 1. The molecule has 0 aliphatic rings. The Labute approximate surface area is 173 Å². The Morgan fingerprint density at radius 3 is 2.17 bits per heavy atom. The van der Waals surface area contributed by atoms with E-state index in [1.807, 2.05) is 43.3 Å². The number of aryl methyl sites for hydroxylation is 1. The third kappa shape index (κ3) is 6.34. The fraction of sp³-hybridized carbons (Fsp3) is 0.417. The van der Waals surface area contributed by atoms with Crippen LogP contribution in [0.4, 0.5) is 0 Å². The van der Waals surface area contributed by atoms with Crippen LogP contribution in [0, 0.1) is 6.92 Å². The molecule has 2 aromatic rings. The van der Waals surface area contributed by atoms with Crippen LogP contribution in [0.1, 0.15) is 63.8 Å². The average molecular weight is 397 g/mol. The van der Waals surface area contributed by atoms with Crippen LogP contribution in [-0.4, -0.2) is 23.8 Å². The fourth-order valence-corrected chi connectivity index (χ4v) is 2.94. The topological polar surface area (TPSA) is 70.9 Å². The number of phenols is 1. The minimum absolute atomic E-state index is 0.114. The van der Waals surface area contributed by atoms with Crippen LogP contribution >= 0.6 is 0 Å². The molecule has 0 unspecified atom stereocenters. The molecule has 0 aliphatic carbocycles. The van der Waals surface area contributed by atoms with Crippen LogP contribution < -0.4 is 10.2 Å². The van der Waals surface area contributed by atoms with Gasteiger partial charge in [0.05, 0.1) is 6.21 Å². The van der Waals surface area contributed by atoms with Gasteiger partial charge in [0.1, 0.15) is 11.5 Å². The molecule has 0 saturated heterocycles. The van der Waals surface area contributed by atoms with Gasteiger partial charge in [-0.25, -0.2) is 5.43 Å². The highest BCUT2D eigenvalue weighted by Crippen LogP contribution is 2.39. The SMILES string of the molecule is Cc1cccc(OCC(=O)N/N=C/c2cc(C(C)(C)C)c(O)c(C(C)(C)C)c2)c1. The Bertz CT molecular complexity index is 868. The van der Waals surface area contributed by atoms with Crippen molar-refractivity contribution in [2.24, 2.45) is 5.10 Å². The van der Waals surface area contributed by atoms with Crippen LogP contribution in [0.3, 0.4) is 0 Å². The van der Waals surface area contributed by atoms with Crippen molar-refractivity contribution in [1.82, 2.24) is 5.43 Å². The van der Waals surface area contributed by atoms with E-state index in [0.29, 0.717) is 11.5 Å². The molecule has 0 atom stereocenters. The minimum atomic E-state index is -0.339. The predicted molar refractivity (Wildman–Crippen MR) is 118 cm³/mol. The zero-order valence-electron chi connectivity index (χ0n) is 18.5. The van der Waals surface area contributed by atoms with Crippen LogP contribution in [-0.2, 0) is 15.6 Å². The van der Waals surface area contributed by atoms with Crippen molar-refractivity contribution in [2.45, 2.75) is 59.3 Å². The second-order valence-corrected chi connectivity index (χ2v) is 9.36. The maximum absolute atomic E-state index is 12.0. The van der Waals surface area contributed by atoms with E-state index in [1.165, 1.54) is 0 Å². The number of rotatable bonds is 5. The molecule has 2 rings (SSSR count). The number of aromatic hydroxyl groups is 1. The van der Waals surface area contributed by atoms with E-state index in [-0.39, 0.29) is 23.3 Å². The summed E-state index contributed by atoms with van der Waals surface area (Å²) in [5.74, 6) is 0.624. The highest BCUT2D eigenvalue weighted by molar-refractivity contribution is 5.84. The molecule has 2 aromatic carbocycles. The van der Waals surface area contributed by atoms with Crippen LogP contribution in [0.25, 0.3) is 0 Å². The molecule has 0 fully saturated rings. The van der Waals surface area contributed by atoms with Gasteiger partial charge < -0.3 is 9.84 Å². The van der Waals surface area contributed by atoms with Crippen molar-refractivity contribution >= 4 is 12.1 Å². The summed E-state index contributed by atoms with van der Waals surface area (Å²) in [6.07, 6.45) is 1.59. The Kier molecular flexibility index (Phi) is 6.73. The molecular formula is C24H32N2O3. The van der Waals surface area contributed by atoms with E-state index < -0.39 is 0 Å². The van der Waals surface area contributed by atoms with Gasteiger partial charge in [-0.3, -0.25) is 4.79 Å². The summed E-state index contributed by atoms with van der Waals surface area (Å²) < 4.78 is 5.48. The van der Waals surface area contributed by atoms with Gasteiger partial charge in [-0.1, -0.05) is 53.7 Å². The number of ether oxygens (including phenoxy) is 1. The molecule has 0 spiro atoms. The quantitative estimate of drug-likeness (QED) is 0.562. The highest BCUT2D eigenvalue weighted by atomic mass is 16.5. The number of hydrogen-bond acceptors (Lipinski definition) is 4. The summed E-state index contributed by atoms with van der Waals surface area (Å²) in [6.45, 7) is 14.2. The molecule has 5 nitrogen and oxygen atoms in total. The molecule has 156 valence electrons. The monoisotopic (exact) mass is 396 g/mol. The van der Waals surface area contributed by atoms with Crippen LogP contribution in [0.2, 0.25) is 0 Å². The molecule has 0 radical (unpaired) electrons. The van der Waals surface area contributed by atoms with Crippen molar-refractivity contribution in [1.29, 1.82) is 0 Å². The number of phenolic OH excluding ortho intramolecular Hbond substituents is 1. The third-order valence-corrected chi connectivity index (χ3v) is 4.51. The van der Waals surface area contributed by atoms with Gasteiger partial charge in [0, 0.05) is 11.1 Å². The van der Waals surface area contributed by atoms with E-state index in [9.17, 15) is 9.90 Å². The predicted octanol–water partition coefficient (Wildman–Crippen LogP) is 4.82. The fourth-order valence-electron chi connectivity index (χ4n) is 2.94. The molecule has 0 aliphatic heterocycles. The van der Waals surface area contributed by atoms with E-state index in [4.69, 9.17) is 4.74 Å². The number of amides is 1. The molecule has 1 amide bonds. The molecule has 0 aromatic heterocycles. The summed E-state index contributed by atoms with van der Waals surface area (Å²) >= 11 is 0. The number of benzene rings is 2. The van der Waals surface area contributed by atoms with Gasteiger partial charge >= 0.3 is 0 Å². The lowest BCUT2D eigenvalue weighted by Crippen LogP contribution is -2.24. The second kappa shape index (κ2) is 8.68. The normalized spacial score (nSPS) is 12.2. The van der Waals surface area contributed by atoms with Gasteiger partial charge in [-0.05, 0) is 53.1 Å². The maximum Gasteiger partial charge on any atom is 0.277 e. The molecule has 0 heterocycles. The van der Waals surface area contributed by atoms with Crippen molar-refractivity contribution < 1.29 is 14.6 Å². The minimum Gasteiger partial charge on any atom is -0.507 e. The van der Waals surface area contributed by atoms with E-state index >= 15 is 0 Å². The lowest BCUT2D eigenvalue weighted by molar-refractivity contribution is -0.123. The summed E-state index contributed by atoms with van der Waals surface area (Å²) in [7, 11) is 0. The van der Waals surface area contributed by atoms with Gasteiger partial charge in [0.2, 0.25) is 0 Å². The molecule has 0 saturated carbocycles. The lowest BCUT2D eigenvalue weighted by atomic mass is 9.78. The smallest absolute Gasteiger partial charge is 0.277 e. The molecule has 29 heavy (non-hydrogen) atoms. The van der Waals surface area contributed by atoms with E-state index in [2.05, 4.69) is 52.1 Å². The Hall–Kier alpha value is -2.82. The molecule has 0 bridgehead atoms. The highest BCUT2D eigenvalue weighted by Gasteiger charge is 2.26. The standard InChI is InChI=1S/C24H32N2O3/c1-16-9-8-10-18(11-16)29-15-21(27)26-25-14-17-12-19(23(2,3)4)22(28)20(13-17)24(5,6)7/h8-14,28H,15H2,1-7H3,(H,26,27)/b25-14+. The van der Waals surface area contributed by atoms with Crippen molar-refractivity contribution in [3.63, 3.8) is 0 Å². The zero-order chi connectivity index (χ0) is 21.8. The zero-order valence-corrected chi connectivity index (χ0v) is 18.5. The Morgan fingerprint density at radius 1 is 1.07 bits per heavy atom.